The van der Waals surface area contributed by atoms with Gasteiger partial charge in [-0.25, -0.2) is 4.39 Å². The molecule has 2 aliphatic rings. The fourth-order valence-corrected chi connectivity index (χ4v) is 4.34. The lowest BCUT2D eigenvalue weighted by Gasteiger charge is -2.51. The maximum Gasteiger partial charge on any atom is 0.227 e. The van der Waals surface area contributed by atoms with Gasteiger partial charge in [-0.3, -0.25) is 9.69 Å². The Morgan fingerprint density at radius 3 is 2.92 bits per heavy atom. The van der Waals surface area contributed by atoms with E-state index in [-0.39, 0.29) is 29.7 Å². The number of hydrogen-bond donors (Lipinski definition) is 1. The lowest BCUT2D eigenvalue weighted by atomic mass is 9.71. The minimum absolute atomic E-state index is 0.0491. The van der Waals surface area contributed by atoms with Crippen LogP contribution in [0.5, 0.6) is 0 Å². The lowest BCUT2D eigenvalue weighted by molar-refractivity contribution is -0.140. The molecule has 2 atom stereocenters. The summed E-state index contributed by atoms with van der Waals surface area (Å²) >= 11 is 0. The molecule has 0 saturated carbocycles. The van der Waals surface area contributed by atoms with E-state index in [4.69, 9.17) is 0 Å². The summed E-state index contributed by atoms with van der Waals surface area (Å²) in [5, 5.41) is 10.7. The van der Waals surface area contributed by atoms with Crippen LogP contribution in [0.3, 0.4) is 0 Å². The van der Waals surface area contributed by atoms with E-state index in [1.165, 1.54) is 6.07 Å². The number of aliphatic hydroxyl groups excluding tert-OH is 1. The Labute approximate surface area is 155 Å². The van der Waals surface area contributed by atoms with Crippen LogP contribution >= 0.6 is 0 Å². The van der Waals surface area contributed by atoms with Crippen LogP contribution in [0.25, 0.3) is 0 Å². The molecule has 0 unspecified atom stereocenters. The number of likely N-dealkylation sites (tertiary alicyclic amines) is 2. The van der Waals surface area contributed by atoms with E-state index in [9.17, 15) is 14.3 Å². The third kappa shape index (κ3) is 4.15. The van der Waals surface area contributed by atoms with E-state index in [0.717, 1.165) is 38.9 Å². The highest BCUT2D eigenvalue weighted by Gasteiger charge is 2.46. The molecule has 142 valence electrons. The first kappa shape index (κ1) is 19.1. The number of amides is 1. The van der Waals surface area contributed by atoms with Crippen molar-refractivity contribution < 1.29 is 14.3 Å². The van der Waals surface area contributed by atoms with Gasteiger partial charge in [0.2, 0.25) is 5.91 Å². The molecule has 26 heavy (non-hydrogen) atoms. The van der Waals surface area contributed by atoms with Crippen molar-refractivity contribution in [2.75, 3.05) is 32.7 Å². The first-order valence-corrected chi connectivity index (χ1v) is 9.57. The molecule has 1 N–H and O–H groups in total. The Morgan fingerprint density at radius 1 is 1.35 bits per heavy atom. The molecule has 2 heterocycles. The van der Waals surface area contributed by atoms with Gasteiger partial charge in [-0.15, -0.1) is 0 Å². The van der Waals surface area contributed by atoms with Crippen LogP contribution in [0.1, 0.15) is 31.7 Å². The summed E-state index contributed by atoms with van der Waals surface area (Å²) in [4.78, 5) is 16.9. The van der Waals surface area contributed by atoms with Gasteiger partial charge in [0, 0.05) is 38.1 Å². The van der Waals surface area contributed by atoms with Gasteiger partial charge in [0.25, 0.3) is 0 Å². The number of carbonyl (C=O) groups excluding carboxylic acids is 1. The Balaban J connectivity index is 1.69. The molecular weight excluding hydrogens is 331 g/mol. The topological polar surface area (TPSA) is 43.8 Å². The maximum absolute atomic E-state index is 13.9. The van der Waals surface area contributed by atoms with Crippen LogP contribution in [0.4, 0.5) is 4.39 Å². The second kappa shape index (κ2) is 8.31. The van der Waals surface area contributed by atoms with Gasteiger partial charge >= 0.3 is 0 Å². The minimum atomic E-state index is -0.381. The number of aliphatic hydroxyl groups is 1. The molecule has 0 radical (unpaired) electrons. The molecule has 5 heteroatoms. The molecule has 2 saturated heterocycles. The summed E-state index contributed by atoms with van der Waals surface area (Å²) in [5.41, 5.74) is 0.180. The smallest absolute Gasteiger partial charge is 0.227 e. The molecule has 1 aromatic rings. The van der Waals surface area contributed by atoms with E-state index in [2.05, 4.69) is 11.0 Å². The van der Waals surface area contributed by atoms with Crippen molar-refractivity contribution in [3.63, 3.8) is 0 Å². The number of hydrogen-bond acceptors (Lipinski definition) is 3. The molecule has 2 fully saturated rings. The number of nitrogens with zero attached hydrogens (tertiary/aromatic N) is 2. The van der Waals surface area contributed by atoms with E-state index in [0.29, 0.717) is 18.7 Å². The van der Waals surface area contributed by atoms with Gasteiger partial charge in [0.05, 0.1) is 12.5 Å². The van der Waals surface area contributed by atoms with Gasteiger partial charge in [-0.05, 0) is 37.8 Å². The van der Waals surface area contributed by atoms with E-state index >= 15 is 0 Å². The second-order valence-electron chi connectivity index (χ2n) is 7.66. The van der Waals surface area contributed by atoms with E-state index < -0.39 is 0 Å². The fraction of sp³-hybridized carbons (Fsp3) is 0.571. The van der Waals surface area contributed by atoms with E-state index in [1.54, 1.807) is 18.2 Å². The number of benzene rings is 1. The van der Waals surface area contributed by atoms with Gasteiger partial charge in [0.1, 0.15) is 5.82 Å². The molecule has 4 nitrogen and oxygen atoms in total. The van der Waals surface area contributed by atoms with Crippen LogP contribution < -0.4 is 0 Å². The highest BCUT2D eigenvalue weighted by Crippen LogP contribution is 2.39. The number of halogens is 1. The predicted octanol–water partition coefficient (Wildman–Crippen LogP) is 2.62. The molecule has 0 aromatic heterocycles. The molecular formula is C21H29FN2O2. The number of allylic oxidation sites excluding steroid dienone is 1. The van der Waals surface area contributed by atoms with Crippen molar-refractivity contribution in [1.29, 1.82) is 0 Å². The number of carbonyl (C=O) groups is 1. The molecule has 1 spiro atoms. The predicted molar refractivity (Wildman–Crippen MR) is 100 cm³/mol. The molecule has 1 aromatic carbocycles. The van der Waals surface area contributed by atoms with Crippen molar-refractivity contribution >= 4 is 5.91 Å². The summed E-state index contributed by atoms with van der Waals surface area (Å²) < 4.78 is 13.9. The Morgan fingerprint density at radius 2 is 2.15 bits per heavy atom. The molecule has 0 bridgehead atoms. The van der Waals surface area contributed by atoms with Crippen molar-refractivity contribution in [3.8, 4) is 0 Å². The molecule has 3 rings (SSSR count). The average molecular weight is 360 g/mol. The summed E-state index contributed by atoms with van der Waals surface area (Å²) in [5.74, 6) is -0.380. The van der Waals surface area contributed by atoms with Crippen molar-refractivity contribution in [1.82, 2.24) is 9.80 Å². The molecule has 2 aliphatic heterocycles. The van der Waals surface area contributed by atoms with Crippen molar-refractivity contribution in [2.24, 2.45) is 5.41 Å². The Bertz CT molecular complexity index is 663. The standard InChI is InChI=1S/C21H29FN2O2/c1-2-3-11-23-13-9-19(25)21(15-23)10-6-12-24(16-21)20(26)14-17-7-4-5-8-18(17)22/h2-5,7-8,19,25H,6,9-16H2,1H3/b3-2+/t19-,21-/m1/s1. The van der Waals surface area contributed by atoms with Crippen LogP contribution in [0, 0.1) is 11.2 Å². The van der Waals surface area contributed by atoms with Gasteiger partial charge in [-0.1, -0.05) is 30.4 Å². The first-order valence-electron chi connectivity index (χ1n) is 9.57. The normalized spacial score (nSPS) is 27.3. The quantitative estimate of drug-likeness (QED) is 0.840. The fourth-order valence-electron chi connectivity index (χ4n) is 4.34. The van der Waals surface area contributed by atoms with Gasteiger partial charge < -0.3 is 10.0 Å². The monoisotopic (exact) mass is 360 g/mol. The van der Waals surface area contributed by atoms with Crippen molar-refractivity contribution in [3.05, 3.63) is 47.8 Å². The number of piperidine rings is 2. The zero-order valence-corrected chi connectivity index (χ0v) is 15.5. The average Bonchev–Trinajstić information content (AvgIpc) is 2.65. The Hall–Kier alpha value is -1.72. The van der Waals surface area contributed by atoms with Crippen LogP contribution in [-0.4, -0.2) is 59.6 Å². The van der Waals surface area contributed by atoms with Crippen LogP contribution in [0.2, 0.25) is 0 Å². The van der Waals surface area contributed by atoms with Crippen LogP contribution in [-0.2, 0) is 11.2 Å². The first-order chi connectivity index (χ1) is 12.5. The number of rotatable bonds is 4. The zero-order valence-electron chi connectivity index (χ0n) is 15.5. The highest BCUT2D eigenvalue weighted by atomic mass is 19.1. The summed E-state index contributed by atoms with van der Waals surface area (Å²) in [6.45, 7) is 5.84. The molecule has 0 aliphatic carbocycles. The second-order valence-corrected chi connectivity index (χ2v) is 7.66. The summed E-state index contributed by atoms with van der Waals surface area (Å²) in [7, 11) is 0. The minimum Gasteiger partial charge on any atom is -0.392 e. The lowest BCUT2D eigenvalue weighted by Crippen LogP contribution is -2.59. The largest absolute Gasteiger partial charge is 0.392 e. The maximum atomic E-state index is 13.9. The summed E-state index contributed by atoms with van der Waals surface area (Å²) in [6, 6.07) is 6.45. The summed E-state index contributed by atoms with van der Waals surface area (Å²) in [6.07, 6.45) is 6.45. The van der Waals surface area contributed by atoms with Crippen LogP contribution in [0.15, 0.2) is 36.4 Å². The Kier molecular flexibility index (Phi) is 6.09. The highest BCUT2D eigenvalue weighted by molar-refractivity contribution is 5.79. The van der Waals surface area contributed by atoms with E-state index in [1.807, 2.05) is 17.9 Å². The SMILES string of the molecule is C/C=C/CN1CC[C@@H](O)[C@]2(CCCN(C(=O)Cc3ccccc3F)C2)C1. The van der Waals surface area contributed by atoms with Gasteiger partial charge in [0.15, 0.2) is 0 Å². The zero-order chi connectivity index (χ0) is 18.6. The molecule has 1 amide bonds. The third-order valence-electron chi connectivity index (χ3n) is 5.82. The van der Waals surface area contributed by atoms with Gasteiger partial charge in [-0.2, -0.15) is 0 Å². The van der Waals surface area contributed by atoms with Crippen molar-refractivity contribution in [2.45, 2.75) is 38.7 Å². The third-order valence-corrected chi connectivity index (χ3v) is 5.82.